The third kappa shape index (κ3) is 4.21. The SMILES string of the molecule is O=C1NC(=O)C(Cc2ccc(C(O)CCc3ccccc3)cn2)S1. The monoisotopic (exact) mass is 342 g/mol. The zero-order valence-corrected chi connectivity index (χ0v) is 13.8. The molecule has 1 fully saturated rings. The molecule has 1 aromatic carbocycles. The van der Waals surface area contributed by atoms with E-state index in [0.717, 1.165) is 29.4 Å². The Morgan fingerprint density at radius 2 is 1.96 bits per heavy atom. The van der Waals surface area contributed by atoms with Gasteiger partial charge in [0.05, 0.1) is 11.4 Å². The Bertz CT molecular complexity index is 719. The van der Waals surface area contributed by atoms with Gasteiger partial charge in [-0.05, 0) is 30.0 Å². The lowest BCUT2D eigenvalue weighted by atomic mass is 10.0. The zero-order chi connectivity index (χ0) is 16.9. The molecule has 2 amide bonds. The number of carbonyl (C=O) groups is 2. The molecule has 0 spiro atoms. The van der Waals surface area contributed by atoms with Crippen LogP contribution in [0.2, 0.25) is 0 Å². The molecule has 2 heterocycles. The van der Waals surface area contributed by atoms with E-state index in [1.165, 1.54) is 5.56 Å². The molecule has 1 aliphatic rings. The van der Waals surface area contributed by atoms with Crippen molar-refractivity contribution in [3.8, 4) is 0 Å². The van der Waals surface area contributed by atoms with Crippen LogP contribution in [0, 0.1) is 0 Å². The maximum Gasteiger partial charge on any atom is 0.286 e. The lowest BCUT2D eigenvalue weighted by Gasteiger charge is -2.12. The van der Waals surface area contributed by atoms with Gasteiger partial charge < -0.3 is 5.11 Å². The highest BCUT2D eigenvalue weighted by Crippen LogP contribution is 2.23. The van der Waals surface area contributed by atoms with Crippen LogP contribution >= 0.6 is 11.8 Å². The first kappa shape index (κ1) is 16.7. The van der Waals surface area contributed by atoms with E-state index in [9.17, 15) is 14.7 Å². The van der Waals surface area contributed by atoms with Gasteiger partial charge in [-0.3, -0.25) is 19.9 Å². The van der Waals surface area contributed by atoms with Crippen molar-refractivity contribution < 1.29 is 14.7 Å². The van der Waals surface area contributed by atoms with E-state index in [1.54, 1.807) is 12.3 Å². The zero-order valence-electron chi connectivity index (χ0n) is 13.0. The van der Waals surface area contributed by atoms with Gasteiger partial charge in [-0.2, -0.15) is 0 Å². The second-order valence-corrected chi connectivity index (χ2v) is 6.89. The molecule has 6 heteroatoms. The molecule has 5 nitrogen and oxygen atoms in total. The molecule has 3 rings (SSSR count). The Hall–Kier alpha value is -2.18. The Balaban J connectivity index is 1.55. The molecule has 0 aliphatic carbocycles. The molecule has 1 aromatic heterocycles. The van der Waals surface area contributed by atoms with Gasteiger partial charge in [0.25, 0.3) is 5.24 Å². The summed E-state index contributed by atoms with van der Waals surface area (Å²) in [5.74, 6) is -0.265. The van der Waals surface area contributed by atoms with Crippen LogP contribution in [0.15, 0.2) is 48.7 Å². The normalized spacial score (nSPS) is 18.5. The topological polar surface area (TPSA) is 79.3 Å². The molecule has 124 valence electrons. The highest BCUT2D eigenvalue weighted by atomic mass is 32.2. The minimum atomic E-state index is -0.572. The van der Waals surface area contributed by atoms with Crippen LogP contribution in [0.5, 0.6) is 0 Å². The molecule has 2 N–H and O–H groups in total. The van der Waals surface area contributed by atoms with Gasteiger partial charge in [-0.1, -0.05) is 48.2 Å². The van der Waals surface area contributed by atoms with Gasteiger partial charge in [-0.15, -0.1) is 0 Å². The number of aliphatic hydroxyl groups excluding tert-OH is 1. The predicted octanol–water partition coefficient (Wildman–Crippen LogP) is 2.64. The lowest BCUT2D eigenvalue weighted by Crippen LogP contribution is -2.25. The number of imide groups is 1. The minimum Gasteiger partial charge on any atom is -0.388 e. The lowest BCUT2D eigenvalue weighted by molar-refractivity contribution is -0.118. The highest BCUT2D eigenvalue weighted by Gasteiger charge is 2.31. The maximum absolute atomic E-state index is 11.6. The Labute approximate surface area is 144 Å². The summed E-state index contributed by atoms with van der Waals surface area (Å²) in [6.07, 6.45) is 2.90. The third-order valence-corrected chi connectivity index (χ3v) is 4.92. The first-order valence-corrected chi connectivity index (χ1v) is 8.68. The number of carbonyl (C=O) groups excluding carboxylic acids is 2. The molecule has 24 heavy (non-hydrogen) atoms. The van der Waals surface area contributed by atoms with Crippen LogP contribution in [-0.4, -0.2) is 26.5 Å². The van der Waals surface area contributed by atoms with E-state index < -0.39 is 11.4 Å². The number of pyridine rings is 1. The van der Waals surface area contributed by atoms with Crippen LogP contribution in [0.3, 0.4) is 0 Å². The van der Waals surface area contributed by atoms with E-state index in [0.29, 0.717) is 12.8 Å². The number of benzene rings is 1. The molecule has 0 radical (unpaired) electrons. The molecular formula is C18H18N2O3S. The summed E-state index contributed by atoms with van der Waals surface area (Å²) < 4.78 is 0. The molecule has 1 aliphatic heterocycles. The fraction of sp³-hybridized carbons (Fsp3) is 0.278. The molecular weight excluding hydrogens is 324 g/mol. The number of aryl methyl sites for hydroxylation is 1. The van der Waals surface area contributed by atoms with Crippen molar-refractivity contribution in [3.63, 3.8) is 0 Å². The second-order valence-electron chi connectivity index (χ2n) is 5.71. The van der Waals surface area contributed by atoms with Crippen LogP contribution in [0.4, 0.5) is 4.79 Å². The minimum absolute atomic E-state index is 0.265. The van der Waals surface area contributed by atoms with Crippen LogP contribution in [-0.2, 0) is 17.6 Å². The van der Waals surface area contributed by atoms with Gasteiger partial charge in [0.15, 0.2) is 0 Å². The molecule has 2 aromatic rings. The van der Waals surface area contributed by atoms with E-state index in [1.807, 2.05) is 36.4 Å². The maximum atomic E-state index is 11.6. The van der Waals surface area contributed by atoms with Crippen molar-refractivity contribution in [2.24, 2.45) is 0 Å². The number of nitrogens with one attached hydrogen (secondary N) is 1. The fourth-order valence-electron chi connectivity index (χ4n) is 2.59. The van der Waals surface area contributed by atoms with Crippen molar-refractivity contribution >= 4 is 22.9 Å². The fourth-order valence-corrected chi connectivity index (χ4v) is 3.42. The largest absolute Gasteiger partial charge is 0.388 e. The first-order chi connectivity index (χ1) is 11.6. The van der Waals surface area contributed by atoms with Gasteiger partial charge >= 0.3 is 0 Å². The van der Waals surface area contributed by atoms with Gasteiger partial charge in [0, 0.05) is 18.3 Å². The summed E-state index contributed by atoms with van der Waals surface area (Å²) >= 11 is 0.996. The number of hydrogen-bond acceptors (Lipinski definition) is 5. The van der Waals surface area contributed by atoms with Crippen LogP contribution in [0.1, 0.15) is 29.3 Å². The van der Waals surface area contributed by atoms with Gasteiger partial charge in [0.2, 0.25) is 5.91 Å². The van der Waals surface area contributed by atoms with Gasteiger partial charge in [0.1, 0.15) is 0 Å². The van der Waals surface area contributed by atoms with Crippen molar-refractivity contribution in [1.29, 1.82) is 0 Å². The summed E-state index contributed by atoms with van der Waals surface area (Å²) in [6.45, 7) is 0. The summed E-state index contributed by atoms with van der Waals surface area (Å²) in [4.78, 5) is 27.0. The number of aromatic nitrogens is 1. The summed E-state index contributed by atoms with van der Waals surface area (Å²) in [5, 5.41) is 11.8. The van der Waals surface area contributed by atoms with Crippen LogP contribution in [0.25, 0.3) is 0 Å². The number of rotatable bonds is 6. The molecule has 0 bridgehead atoms. The van der Waals surface area contributed by atoms with E-state index in [-0.39, 0.29) is 11.1 Å². The Morgan fingerprint density at radius 3 is 2.58 bits per heavy atom. The molecule has 1 saturated heterocycles. The van der Waals surface area contributed by atoms with Crippen molar-refractivity contribution in [1.82, 2.24) is 10.3 Å². The third-order valence-electron chi connectivity index (χ3n) is 3.94. The summed E-state index contributed by atoms with van der Waals surface area (Å²) in [5.41, 5.74) is 2.68. The van der Waals surface area contributed by atoms with E-state index >= 15 is 0 Å². The Morgan fingerprint density at radius 1 is 1.17 bits per heavy atom. The van der Waals surface area contributed by atoms with Crippen molar-refractivity contribution in [3.05, 3.63) is 65.5 Å². The molecule has 2 unspecified atom stereocenters. The summed E-state index contributed by atoms with van der Waals surface area (Å²) in [6, 6.07) is 13.7. The number of amides is 2. The van der Waals surface area contributed by atoms with E-state index in [2.05, 4.69) is 10.3 Å². The molecule has 0 saturated carbocycles. The van der Waals surface area contributed by atoms with Crippen molar-refractivity contribution in [2.45, 2.75) is 30.6 Å². The Kier molecular flexibility index (Phi) is 5.27. The van der Waals surface area contributed by atoms with E-state index in [4.69, 9.17) is 0 Å². The average Bonchev–Trinajstić information content (AvgIpc) is 2.91. The van der Waals surface area contributed by atoms with Crippen molar-refractivity contribution in [2.75, 3.05) is 0 Å². The quantitative estimate of drug-likeness (QED) is 0.844. The second kappa shape index (κ2) is 7.59. The first-order valence-electron chi connectivity index (χ1n) is 7.80. The number of thioether (sulfide) groups is 1. The highest BCUT2D eigenvalue weighted by molar-refractivity contribution is 8.15. The smallest absolute Gasteiger partial charge is 0.286 e. The number of hydrogen-bond donors (Lipinski definition) is 2. The average molecular weight is 342 g/mol. The van der Waals surface area contributed by atoms with Crippen LogP contribution < -0.4 is 5.32 Å². The number of aliphatic hydroxyl groups is 1. The standard InChI is InChI=1S/C18H18N2O3S/c21-15(9-6-12-4-2-1-3-5-12)13-7-8-14(19-11-13)10-16-17(22)20-18(23)24-16/h1-5,7-8,11,15-16,21H,6,9-10H2,(H,20,22,23). The number of nitrogens with zero attached hydrogens (tertiary/aromatic N) is 1. The predicted molar refractivity (Wildman–Crippen MR) is 92.6 cm³/mol. The summed E-state index contributed by atoms with van der Waals surface area (Å²) in [7, 11) is 0. The van der Waals surface area contributed by atoms with Gasteiger partial charge in [-0.25, -0.2) is 0 Å². The molecule has 2 atom stereocenters.